The van der Waals surface area contributed by atoms with E-state index in [4.69, 9.17) is 16.3 Å². The van der Waals surface area contributed by atoms with Gasteiger partial charge < -0.3 is 10.1 Å². The highest BCUT2D eigenvalue weighted by Gasteiger charge is 2.06. The molecular weight excluding hydrogens is 221 g/mol. The Morgan fingerprint density at radius 2 is 2.33 bits per heavy atom. The predicted molar refractivity (Wildman–Crippen MR) is 56.5 cm³/mol. The Labute approximate surface area is 92.2 Å². The first-order valence-electron chi connectivity index (χ1n) is 4.46. The van der Waals surface area contributed by atoms with Crippen LogP contribution < -0.4 is 5.32 Å². The topological polar surface area (TPSA) is 38.3 Å². The number of ether oxygens (including phenoxy) is 1. The number of hydrogen-bond donors (Lipinski definition) is 1. The van der Waals surface area contributed by atoms with Gasteiger partial charge in [-0.1, -0.05) is 11.6 Å². The number of nitrogens with one attached hydrogen (secondary N) is 1. The lowest BCUT2D eigenvalue weighted by Gasteiger charge is -2.06. The van der Waals surface area contributed by atoms with Gasteiger partial charge in [0.25, 0.3) is 0 Å². The second kappa shape index (κ2) is 5.68. The van der Waals surface area contributed by atoms with E-state index in [1.54, 1.807) is 6.92 Å². The SMILES string of the molecule is CCOCC(=O)Nc1ccc(Cl)cc1F. The van der Waals surface area contributed by atoms with E-state index in [0.717, 1.165) is 6.07 Å². The van der Waals surface area contributed by atoms with Gasteiger partial charge in [0.05, 0.1) is 5.69 Å². The van der Waals surface area contributed by atoms with Crippen molar-refractivity contribution in [2.24, 2.45) is 0 Å². The average Bonchev–Trinajstić information content (AvgIpc) is 2.19. The van der Waals surface area contributed by atoms with Crippen LogP contribution in [-0.2, 0) is 9.53 Å². The summed E-state index contributed by atoms with van der Waals surface area (Å²) in [7, 11) is 0. The van der Waals surface area contributed by atoms with E-state index >= 15 is 0 Å². The zero-order valence-electron chi connectivity index (χ0n) is 8.22. The molecule has 0 saturated carbocycles. The highest BCUT2D eigenvalue weighted by molar-refractivity contribution is 6.30. The number of amides is 1. The molecule has 0 bridgehead atoms. The van der Waals surface area contributed by atoms with Crippen molar-refractivity contribution in [1.82, 2.24) is 0 Å². The van der Waals surface area contributed by atoms with Gasteiger partial charge in [0, 0.05) is 11.6 Å². The van der Waals surface area contributed by atoms with Crippen molar-refractivity contribution < 1.29 is 13.9 Å². The minimum Gasteiger partial charge on any atom is -0.372 e. The normalized spacial score (nSPS) is 10.1. The number of rotatable bonds is 4. The van der Waals surface area contributed by atoms with E-state index in [9.17, 15) is 9.18 Å². The molecule has 82 valence electrons. The molecule has 0 aromatic heterocycles. The number of anilines is 1. The molecule has 0 unspecified atom stereocenters. The molecule has 0 atom stereocenters. The number of halogens is 2. The summed E-state index contributed by atoms with van der Waals surface area (Å²) in [5.74, 6) is -0.953. The fourth-order valence-corrected chi connectivity index (χ4v) is 1.13. The van der Waals surface area contributed by atoms with Crippen LogP contribution in [0, 0.1) is 5.82 Å². The van der Waals surface area contributed by atoms with Crippen LogP contribution in [0.25, 0.3) is 0 Å². The fourth-order valence-electron chi connectivity index (χ4n) is 0.972. The molecule has 1 rings (SSSR count). The smallest absolute Gasteiger partial charge is 0.250 e. The lowest BCUT2D eigenvalue weighted by atomic mass is 10.3. The van der Waals surface area contributed by atoms with Gasteiger partial charge in [-0.05, 0) is 25.1 Å². The summed E-state index contributed by atoms with van der Waals surface area (Å²) < 4.78 is 18.1. The minimum absolute atomic E-state index is 0.0848. The monoisotopic (exact) mass is 231 g/mol. The van der Waals surface area contributed by atoms with Crippen LogP contribution in [0.4, 0.5) is 10.1 Å². The van der Waals surface area contributed by atoms with Crippen LogP contribution in [0.2, 0.25) is 5.02 Å². The van der Waals surface area contributed by atoms with Crippen LogP contribution in [0.15, 0.2) is 18.2 Å². The molecule has 0 aliphatic heterocycles. The van der Waals surface area contributed by atoms with Gasteiger partial charge in [-0.15, -0.1) is 0 Å². The number of carbonyl (C=O) groups is 1. The molecule has 0 saturated heterocycles. The first-order valence-corrected chi connectivity index (χ1v) is 4.84. The lowest BCUT2D eigenvalue weighted by Crippen LogP contribution is -2.18. The highest BCUT2D eigenvalue weighted by Crippen LogP contribution is 2.18. The van der Waals surface area contributed by atoms with Crippen LogP contribution in [0.1, 0.15) is 6.92 Å². The van der Waals surface area contributed by atoms with Gasteiger partial charge in [0.1, 0.15) is 12.4 Å². The van der Waals surface area contributed by atoms with Crippen molar-refractivity contribution in [1.29, 1.82) is 0 Å². The van der Waals surface area contributed by atoms with E-state index < -0.39 is 11.7 Å². The first kappa shape index (κ1) is 11.9. The Balaban J connectivity index is 2.60. The second-order valence-corrected chi connectivity index (χ2v) is 3.25. The predicted octanol–water partition coefficient (Wildman–Crippen LogP) is 2.45. The van der Waals surface area contributed by atoms with Crippen molar-refractivity contribution in [2.45, 2.75) is 6.92 Å². The van der Waals surface area contributed by atoms with Crippen molar-refractivity contribution in [2.75, 3.05) is 18.5 Å². The van der Waals surface area contributed by atoms with Gasteiger partial charge >= 0.3 is 0 Å². The van der Waals surface area contributed by atoms with E-state index in [2.05, 4.69) is 5.32 Å². The Morgan fingerprint density at radius 3 is 2.93 bits per heavy atom. The summed E-state index contributed by atoms with van der Waals surface area (Å²) in [6, 6.07) is 4.04. The van der Waals surface area contributed by atoms with Crippen molar-refractivity contribution in [3.05, 3.63) is 29.0 Å². The van der Waals surface area contributed by atoms with Crippen LogP contribution >= 0.6 is 11.6 Å². The minimum atomic E-state index is -0.563. The Morgan fingerprint density at radius 1 is 1.60 bits per heavy atom. The second-order valence-electron chi connectivity index (χ2n) is 2.81. The summed E-state index contributed by atoms with van der Waals surface area (Å²) in [6.45, 7) is 2.13. The molecule has 0 spiro atoms. The fraction of sp³-hybridized carbons (Fsp3) is 0.300. The summed E-state index contributed by atoms with van der Waals surface area (Å²) >= 11 is 5.56. The lowest BCUT2D eigenvalue weighted by molar-refractivity contribution is -0.120. The molecule has 0 radical (unpaired) electrons. The molecule has 1 N–H and O–H groups in total. The molecular formula is C10H11ClFNO2. The molecule has 1 aromatic rings. The van der Waals surface area contributed by atoms with Crippen molar-refractivity contribution in [3.63, 3.8) is 0 Å². The maximum Gasteiger partial charge on any atom is 0.250 e. The molecule has 15 heavy (non-hydrogen) atoms. The molecule has 0 heterocycles. The summed E-state index contributed by atoms with van der Waals surface area (Å²) in [5, 5.41) is 2.66. The first-order chi connectivity index (χ1) is 7.13. The third-order valence-corrected chi connectivity index (χ3v) is 1.88. The molecule has 0 aliphatic rings. The van der Waals surface area contributed by atoms with Gasteiger partial charge in [0.15, 0.2) is 0 Å². The van der Waals surface area contributed by atoms with Crippen LogP contribution in [0.3, 0.4) is 0 Å². The Bertz CT molecular complexity index is 357. The zero-order valence-corrected chi connectivity index (χ0v) is 8.97. The highest BCUT2D eigenvalue weighted by atomic mass is 35.5. The van der Waals surface area contributed by atoms with Crippen molar-refractivity contribution >= 4 is 23.2 Å². The number of benzene rings is 1. The maximum atomic E-state index is 13.2. The molecule has 1 amide bonds. The average molecular weight is 232 g/mol. The summed E-state index contributed by atoms with van der Waals surface area (Å²) in [5.41, 5.74) is 0.101. The summed E-state index contributed by atoms with van der Waals surface area (Å²) in [4.78, 5) is 11.2. The maximum absolute atomic E-state index is 13.2. The van der Waals surface area contributed by atoms with Crippen molar-refractivity contribution in [3.8, 4) is 0 Å². The number of hydrogen-bond acceptors (Lipinski definition) is 2. The Hall–Kier alpha value is -1.13. The Kier molecular flexibility index (Phi) is 4.52. The summed E-state index contributed by atoms with van der Waals surface area (Å²) in [6.07, 6.45) is 0. The van der Waals surface area contributed by atoms with Gasteiger partial charge in [-0.25, -0.2) is 4.39 Å². The quantitative estimate of drug-likeness (QED) is 0.865. The third-order valence-electron chi connectivity index (χ3n) is 1.64. The van der Waals surface area contributed by atoms with Crippen LogP contribution in [0.5, 0.6) is 0 Å². The van der Waals surface area contributed by atoms with Gasteiger partial charge in [-0.3, -0.25) is 4.79 Å². The molecule has 1 aromatic carbocycles. The van der Waals surface area contributed by atoms with Gasteiger partial charge in [-0.2, -0.15) is 0 Å². The standard InChI is InChI=1S/C10H11ClFNO2/c1-2-15-6-10(14)13-9-4-3-7(11)5-8(9)12/h3-5H,2,6H2,1H3,(H,13,14). The van der Waals surface area contributed by atoms with E-state index in [-0.39, 0.29) is 17.3 Å². The van der Waals surface area contributed by atoms with Gasteiger partial charge in [0.2, 0.25) is 5.91 Å². The molecule has 0 aliphatic carbocycles. The third kappa shape index (κ3) is 3.85. The molecule has 5 heteroatoms. The van der Waals surface area contributed by atoms with E-state index in [1.807, 2.05) is 0 Å². The van der Waals surface area contributed by atoms with Crippen LogP contribution in [-0.4, -0.2) is 19.1 Å². The van der Waals surface area contributed by atoms with E-state index in [0.29, 0.717) is 6.61 Å². The largest absolute Gasteiger partial charge is 0.372 e. The number of carbonyl (C=O) groups excluding carboxylic acids is 1. The van der Waals surface area contributed by atoms with E-state index in [1.165, 1.54) is 12.1 Å². The molecule has 3 nitrogen and oxygen atoms in total. The zero-order chi connectivity index (χ0) is 11.3. The molecule has 0 fully saturated rings.